The molecule has 1 atom stereocenters. The van der Waals surface area contributed by atoms with Gasteiger partial charge in [0, 0.05) is 32.3 Å². The minimum absolute atomic E-state index is 0.0350. The third-order valence-electron chi connectivity index (χ3n) is 3.20. The summed E-state index contributed by atoms with van der Waals surface area (Å²) in [6.07, 6.45) is 2.67. The van der Waals surface area contributed by atoms with Gasteiger partial charge < -0.3 is 10.3 Å². The number of nitrogens with zero attached hydrogens (tertiary/aromatic N) is 3. The van der Waals surface area contributed by atoms with Crippen LogP contribution in [0.4, 0.5) is 0 Å². The van der Waals surface area contributed by atoms with E-state index in [0.29, 0.717) is 5.82 Å². The summed E-state index contributed by atoms with van der Waals surface area (Å²) in [5, 5.41) is 7.30. The molecule has 0 aliphatic heterocycles. The number of aromatic nitrogens is 2. The summed E-state index contributed by atoms with van der Waals surface area (Å²) in [5.74, 6) is 0.644. The lowest BCUT2D eigenvalue weighted by atomic mass is 10.2. The van der Waals surface area contributed by atoms with E-state index in [9.17, 15) is 8.42 Å². The fourth-order valence-corrected chi connectivity index (χ4v) is 3.25. The van der Waals surface area contributed by atoms with E-state index < -0.39 is 10.0 Å². The lowest BCUT2D eigenvalue weighted by Crippen LogP contribution is -2.37. The van der Waals surface area contributed by atoms with E-state index >= 15 is 0 Å². The summed E-state index contributed by atoms with van der Waals surface area (Å²) < 4.78 is 28.0. The number of hydrogen-bond donors (Lipinski definition) is 2. The molecule has 114 valence electrons. The van der Waals surface area contributed by atoms with Gasteiger partial charge in [0.15, 0.2) is 5.03 Å². The van der Waals surface area contributed by atoms with Crippen LogP contribution in [-0.4, -0.2) is 41.2 Å². The maximum atomic E-state index is 12.5. The molecule has 1 unspecified atom stereocenters. The number of hydrogen-bond acceptors (Lipinski definition) is 4. The number of sulfonamides is 1. The zero-order valence-electron chi connectivity index (χ0n) is 12.4. The molecule has 8 heteroatoms. The average molecular weight is 301 g/mol. The molecule has 1 aromatic rings. The molecule has 0 radical (unpaired) electrons. The third kappa shape index (κ3) is 3.57. The van der Waals surface area contributed by atoms with E-state index in [1.165, 1.54) is 11.4 Å². The Labute approximate surface area is 120 Å². The van der Waals surface area contributed by atoms with E-state index in [-0.39, 0.29) is 23.3 Å². The van der Waals surface area contributed by atoms with Crippen molar-refractivity contribution >= 4 is 15.9 Å². The quantitative estimate of drug-likeness (QED) is 0.577. The normalized spacial score (nSPS) is 13.7. The maximum Gasteiger partial charge on any atom is 0.262 e. The first-order valence-corrected chi connectivity index (χ1v) is 7.98. The molecule has 0 aliphatic rings. The Kier molecular flexibility index (Phi) is 5.29. The molecule has 1 rings (SSSR count). The van der Waals surface area contributed by atoms with Gasteiger partial charge in [0.2, 0.25) is 0 Å². The Morgan fingerprint density at radius 3 is 2.70 bits per heavy atom. The number of rotatable bonds is 7. The number of nitrogens with one attached hydrogen (secondary N) is 1. The first-order valence-electron chi connectivity index (χ1n) is 6.54. The van der Waals surface area contributed by atoms with Crippen molar-refractivity contribution in [1.29, 1.82) is 5.41 Å². The lowest BCUT2D eigenvalue weighted by Gasteiger charge is -2.22. The topological polar surface area (TPSA) is 105 Å². The maximum absolute atomic E-state index is 12.5. The van der Waals surface area contributed by atoms with E-state index in [0.717, 1.165) is 13.0 Å². The van der Waals surface area contributed by atoms with Crippen LogP contribution in [0, 0.1) is 12.3 Å². The molecule has 1 aromatic heterocycles. The highest BCUT2D eigenvalue weighted by atomic mass is 32.2. The molecular weight excluding hydrogens is 278 g/mol. The van der Waals surface area contributed by atoms with Crippen molar-refractivity contribution in [2.45, 2.75) is 51.2 Å². The van der Waals surface area contributed by atoms with Gasteiger partial charge in [-0.3, -0.25) is 5.41 Å². The average Bonchev–Trinajstić information content (AvgIpc) is 2.70. The highest BCUT2D eigenvalue weighted by Crippen LogP contribution is 2.17. The minimum Gasteiger partial charge on any atom is -0.388 e. The molecule has 0 saturated heterocycles. The van der Waals surface area contributed by atoms with Crippen molar-refractivity contribution in [1.82, 2.24) is 13.9 Å². The molecule has 7 nitrogen and oxygen atoms in total. The Balaban J connectivity index is 3.03. The molecule has 0 spiro atoms. The highest BCUT2D eigenvalue weighted by Gasteiger charge is 2.28. The predicted octanol–water partition coefficient (Wildman–Crippen LogP) is 0.937. The second-order valence-electron chi connectivity index (χ2n) is 4.92. The number of nitrogens with two attached hydrogens (primary N) is 1. The van der Waals surface area contributed by atoms with Crippen molar-refractivity contribution in [3.8, 4) is 0 Å². The summed E-state index contributed by atoms with van der Waals surface area (Å²) in [7, 11) is -2.17. The molecule has 0 bridgehead atoms. The van der Waals surface area contributed by atoms with Gasteiger partial charge in [0.05, 0.1) is 5.84 Å². The Bertz CT molecular complexity index is 579. The molecule has 0 fully saturated rings. The first kappa shape index (κ1) is 16.6. The number of amidine groups is 1. The van der Waals surface area contributed by atoms with Crippen molar-refractivity contribution in [3.63, 3.8) is 0 Å². The first-order chi connectivity index (χ1) is 9.20. The molecule has 0 aliphatic carbocycles. The Morgan fingerprint density at radius 2 is 2.20 bits per heavy atom. The van der Waals surface area contributed by atoms with Gasteiger partial charge in [-0.2, -0.15) is 4.31 Å². The van der Waals surface area contributed by atoms with E-state index in [2.05, 4.69) is 4.98 Å². The zero-order valence-corrected chi connectivity index (χ0v) is 13.2. The zero-order chi connectivity index (χ0) is 15.5. The fraction of sp³-hybridized carbons (Fsp3) is 0.667. The van der Waals surface area contributed by atoms with Gasteiger partial charge in [-0.15, -0.1) is 0 Å². The highest BCUT2D eigenvalue weighted by molar-refractivity contribution is 7.89. The summed E-state index contributed by atoms with van der Waals surface area (Å²) in [5.41, 5.74) is 5.32. The van der Waals surface area contributed by atoms with Crippen LogP contribution in [0.1, 0.15) is 32.5 Å². The molecule has 0 aromatic carbocycles. The van der Waals surface area contributed by atoms with Crippen LogP contribution in [0.3, 0.4) is 0 Å². The van der Waals surface area contributed by atoms with Crippen molar-refractivity contribution < 1.29 is 8.42 Å². The standard InChI is InChI=1S/C12H23N5O2S/c1-5-6-17-8-12(15-10(17)3)20(18,19)16(4)9(2)7-11(13)14/h8-9H,5-7H2,1-4H3,(H3,13,14). The number of imidazole rings is 1. The van der Waals surface area contributed by atoms with E-state index in [4.69, 9.17) is 11.1 Å². The summed E-state index contributed by atoms with van der Waals surface area (Å²) in [4.78, 5) is 4.13. The molecular formula is C12H23N5O2S. The molecule has 20 heavy (non-hydrogen) atoms. The van der Waals surface area contributed by atoms with Crippen molar-refractivity contribution in [2.75, 3.05) is 7.05 Å². The largest absolute Gasteiger partial charge is 0.388 e. The minimum atomic E-state index is -3.65. The van der Waals surface area contributed by atoms with Gasteiger partial charge in [-0.25, -0.2) is 13.4 Å². The van der Waals surface area contributed by atoms with Crippen LogP contribution in [0.5, 0.6) is 0 Å². The molecule has 0 amide bonds. The predicted molar refractivity (Wildman–Crippen MR) is 78.2 cm³/mol. The third-order valence-corrected chi connectivity index (χ3v) is 5.04. The summed E-state index contributed by atoms with van der Waals surface area (Å²) in [6.45, 7) is 6.26. The van der Waals surface area contributed by atoms with Gasteiger partial charge in [0.25, 0.3) is 10.0 Å². The van der Waals surface area contributed by atoms with Gasteiger partial charge in [-0.1, -0.05) is 6.92 Å². The Hall–Kier alpha value is -1.41. The van der Waals surface area contributed by atoms with E-state index in [1.54, 1.807) is 20.0 Å². The SMILES string of the molecule is CCCn1cc(S(=O)(=O)N(C)C(C)CC(=N)N)nc1C. The monoisotopic (exact) mass is 301 g/mol. The smallest absolute Gasteiger partial charge is 0.262 e. The van der Waals surface area contributed by atoms with Crippen LogP contribution < -0.4 is 5.73 Å². The van der Waals surface area contributed by atoms with Crippen LogP contribution in [0.25, 0.3) is 0 Å². The molecule has 3 N–H and O–H groups in total. The van der Waals surface area contributed by atoms with Crippen LogP contribution in [0.2, 0.25) is 0 Å². The lowest BCUT2D eigenvalue weighted by molar-refractivity contribution is 0.394. The second kappa shape index (κ2) is 6.36. The van der Waals surface area contributed by atoms with Crippen LogP contribution in [0.15, 0.2) is 11.2 Å². The summed E-state index contributed by atoms with van der Waals surface area (Å²) in [6, 6.07) is -0.380. The molecule has 0 saturated carbocycles. The number of aryl methyl sites for hydroxylation is 2. The van der Waals surface area contributed by atoms with Crippen LogP contribution >= 0.6 is 0 Å². The molecule has 1 heterocycles. The fourth-order valence-electron chi connectivity index (χ4n) is 1.90. The van der Waals surface area contributed by atoms with Gasteiger partial charge >= 0.3 is 0 Å². The Morgan fingerprint density at radius 1 is 1.60 bits per heavy atom. The van der Waals surface area contributed by atoms with Gasteiger partial charge in [0.1, 0.15) is 5.82 Å². The van der Waals surface area contributed by atoms with Crippen molar-refractivity contribution in [2.24, 2.45) is 5.73 Å². The van der Waals surface area contributed by atoms with Crippen molar-refractivity contribution in [3.05, 3.63) is 12.0 Å². The van der Waals surface area contributed by atoms with E-state index in [1.807, 2.05) is 11.5 Å². The summed E-state index contributed by atoms with van der Waals surface area (Å²) >= 11 is 0. The second-order valence-corrected chi connectivity index (χ2v) is 6.86. The van der Waals surface area contributed by atoms with Gasteiger partial charge in [-0.05, 0) is 20.3 Å². The van der Waals surface area contributed by atoms with Crippen LogP contribution in [-0.2, 0) is 16.6 Å².